The molecule has 2 N–H and O–H groups in total. The first-order valence-corrected chi connectivity index (χ1v) is 7.60. The maximum Gasteiger partial charge on any atom is 0.191 e. The van der Waals surface area contributed by atoms with E-state index in [0.29, 0.717) is 6.04 Å². The quantitative estimate of drug-likeness (QED) is 0.446. The summed E-state index contributed by atoms with van der Waals surface area (Å²) in [5.41, 5.74) is 5.98. The van der Waals surface area contributed by atoms with Gasteiger partial charge in [-0.1, -0.05) is 0 Å². The summed E-state index contributed by atoms with van der Waals surface area (Å²) in [7, 11) is 4.27. The van der Waals surface area contributed by atoms with Crippen molar-refractivity contribution in [1.82, 2.24) is 14.7 Å². The van der Waals surface area contributed by atoms with Crippen molar-refractivity contribution in [3.8, 4) is 0 Å². The van der Waals surface area contributed by atoms with Gasteiger partial charge in [0.25, 0.3) is 0 Å². The van der Waals surface area contributed by atoms with Gasteiger partial charge in [0.15, 0.2) is 5.96 Å². The number of aliphatic imine (C=N–C) groups is 1. The van der Waals surface area contributed by atoms with Crippen LogP contribution in [-0.2, 0) is 0 Å². The van der Waals surface area contributed by atoms with Crippen LogP contribution in [0.15, 0.2) is 4.99 Å². The number of guanidine groups is 1. The number of hydrogen-bond donors (Lipinski definition) is 1. The summed E-state index contributed by atoms with van der Waals surface area (Å²) in [4.78, 5) is 11.6. The van der Waals surface area contributed by atoms with E-state index in [4.69, 9.17) is 5.73 Å². The summed E-state index contributed by atoms with van der Waals surface area (Å²) < 4.78 is 0. The summed E-state index contributed by atoms with van der Waals surface area (Å²) in [6.45, 7) is 6.85. The van der Waals surface area contributed by atoms with Crippen LogP contribution >= 0.6 is 0 Å². The lowest BCUT2D eigenvalue weighted by molar-refractivity contribution is 0.275. The molecule has 1 heterocycles. The van der Waals surface area contributed by atoms with Gasteiger partial charge in [0, 0.05) is 32.7 Å². The average Bonchev–Trinajstić information content (AvgIpc) is 3.22. The molecule has 1 aliphatic heterocycles. The number of rotatable bonds is 5. The molecule has 5 heteroatoms. The fourth-order valence-corrected chi connectivity index (χ4v) is 2.57. The number of hydrogen-bond acceptors (Lipinski definition) is 3. The molecule has 0 bridgehead atoms. The van der Waals surface area contributed by atoms with Gasteiger partial charge in [-0.05, 0) is 52.4 Å². The van der Waals surface area contributed by atoms with E-state index in [1.165, 1.54) is 45.4 Å². The summed E-state index contributed by atoms with van der Waals surface area (Å²) in [5, 5.41) is 0. The van der Waals surface area contributed by atoms with Crippen LogP contribution in [0, 0.1) is 0 Å². The lowest BCUT2D eigenvalue weighted by Gasteiger charge is -2.20. The molecule has 2 rings (SSSR count). The molecule has 2 fully saturated rings. The second-order valence-electron chi connectivity index (χ2n) is 5.93. The molecule has 0 atom stereocenters. The van der Waals surface area contributed by atoms with E-state index < -0.39 is 0 Å². The van der Waals surface area contributed by atoms with E-state index in [1.54, 1.807) is 0 Å². The minimum Gasteiger partial charge on any atom is -0.370 e. The highest BCUT2D eigenvalue weighted by molar-refractivity contribution is 5.78. The maximum atomic E-state index is 5.98. The number of nitrogens with two attached hydrogens (primary N) is 1. The lowest BCUT2D eigenvalue weighted by atomic mass is 10.3. The van der Waals surface area contributed by atoms with Crippen LogP contribution in [0.2, 0.25) is 0 Å². The Hall–Kier alpha value is -0.810. The first kappa shape index (κ1) is 14.6. The molecule has 2 aliphatic rings. The zero-order valence-electron chi connectivity index (χ0n) is 12.5. The summed E-state index contributed by atoms with van der Waals surface area (Å²) in [5.74, 6) is 0.720. The third-order valence-corrected chi connectivity index (χ3v) is 4.17. The van der Waals surface area contributed by atoms with Crippen molar-refractivity contribution in [3.05, 3.63) is 0 Å². The van der Waals surface area contributed by atoms with E-state index >= 15 is 0 Å². The predicted octanol–water partition coefficient (Wildman–Crippen LogP) is 0.423. The van der Waals surface area contributed by atoms with Gasteiger partial charge in [0.1, 0.15) is 0 Å². The Morgan fingerprint density at radius 2 is 2.05 bits per heavy atom. The molecule has 0 unspecified atom stereocenters. The van der Waals surface area contributed by atoms with Gasteiger partial charge < -0.3 is 20.4 Å². The Labute approximate surface area is 117 Å². The van der Waals surface area contributed by atoms with E-state index in [9.17, 15) is 0 Å². The highest BCUT2D eigenvalue weighted by Crippen LogP contribution is 2.24. The summed E-state index contributed by atoms with van der Waals surface area (Å²) in [6, 6.07) is 0.657. The Bertz CT molecular complexity index is 300. The Morgan fingerprint density at radius 1 is 1.26 bits per heavy atom. The molecule has 0 radical (unpaired) electrons. The minimum atomic E-state index is 0.657. The molecule has 0 aromatic carbocycles. The van der Waals surface area contributed by atoms with E-state index in [0.717, 1.165) is 25.5 Å². The van der Waals surface area contributed by atoms with Gasteiger partial charge in [-0.3, -0.25) is 4.99 Å². The molecule has 0 amide bonds. The molecule has 1 aliphatic carbocycles. The van der Waals surface area contributed by atoms with Crippen LogP contribution < -0.4 is 5.73 Å². The lowest BCUT2D eigenvalue weighted by Crippen LogP contribution is -2.36. The van der Waals surface area contributed by atoms with Crippen LogP contribution in [-0.4, -0.2) is 80.1 Å². The molecular formula is C14H29N5. The molecular weight excluding hydrogens is 238 g/mol. The van der Waals surface area contributed by atoms with Crippen molar-refractivity contribution < 1.29 is 0 Å². The van der Waals surface area contributed by atoms with Crippen molar-refractivity contribution in [1.29, 1.82) is 0 Å². The van der Waals surface area contributed by atoms with E-state index in [1.807, 2.05) is 0 Å². The van der Waals surface area contributed by atoms with Gasteiger partial charge in [-0.15, -0.1) is 0 Å². The Morgan fingerprint density at radius 3 is 2.79 bits per heavy atom. The van der Waals surface area contributed by atoms with Crippen LogP contribution in [0.1, 0.15) is 25.7 Å². The molecule has 5 nitrogen and oxygen atoms in total. The number of likely N-dealkylation sites (N-methyl/N-ethyl adjacent to an activating group) is 1. The van der Waals surface area contributed by atoms with Gasteiger partial charge in [0.05, 0.1) is 0 Å². The highest BCUT2D eigenvalue weighted by atomic mass is 15.3. The van der Waals surface area contributed by atoms with Crippen LogP contribution in [0.3, 0.4) is 0 Å². The summed E-state index contributed by atoms with van der Waals surface area (Å²) in [6.07, 6.45) is 4.94. The van der Waals surface area contributed by atoms with Crippen molar-refractivity contribution >= 4 is 5.96 Å². The topological polar surface area (TPSA) is 48.1 Å². The normalized spacial score (nSPS) is 23.4. The zero-order valence-corrected chi connectivity index (χ0v) is 12.5. The Balaban J connectivity index is 1.61. The van der Waals surface area contributed by atoms with Crippen LogP contribution in [0.25, 0.3) is 0 Å². The fraction of sp³-hybridized carbons (Fsp3) is 0.929. The Kier molecular flexibility index (Phi) is 5.45. The standard InChI is InChI=1S/C14H29N5/c1-17-8-4-10-19(12-11-17)9-3-7-16-14(15)18(2)13-5-6-13/h13H,3-12H2,1-2H3,(H2,15,16). The average molecular weight is 267 g/mol. The smallest absolute Gasteiger partial charge is 0.191 e. The monoisotopic (exact) mass is 267 g/mol. The second-order valence-corrected chi connectivity index (χ2v) is 5.93. The van der Waals surface area contributed by atoms with Crippen LogP contribution in [0.5, 0.6) is 0 Å². The van der Waals surface area contributed by atoms with Crippen LogP contribution in [0.4, 0.5) is 0 Å². The largest absolute Gasteiger partial charge is 0.370 e. The second kappa shape index (κ2) is 7.10. The third-order valence-electron chi connectivity index (χ3n) is 4.17. The first-order valence-electron chi connectivity index (χ1n) is 7.60. The first-order chi connectivity index (χ1) is 9.16. The maximum absolute atomic E-state index is 5.98. The molecule has 0 aromatic heterocycles. The van der Waals surface area contributed by atoms with Gasteiger partial charge >= 0.3 is 0 Å². The number of nitrogens with zero attached hydrogens (tertiary/aromatic N) is 4. The highest BCUT2D eigenvalue weighted by Gasteiger charge is 2.27. The molecule has 1 saturated heterocycles. The zero-order chi connectivity index (χ0) is 13.7. The third kappa shape index (κ3) is 4.99. The molecule has 0 spiro atoms. The van der Waals surface area contributed by atoms with Gasteiger partial charge in [0.2, 0.25) is 0 Å². The summed E-state index contributed by atoms with van der Waals surface area (Å²) >= 11 is 0. The van der Waals surface area contributed by atoms with Crippen molar-refractivity contribution in [2.75, 3.05) is 53.4 Å². The van der Waals surface area contributed by atoms with Gasteiger partial charge in [-0.25, -0.2) is 0 Å². The SMILES string of the molecule is CN1CCCN(CCCN=C(N)N(C)C2CC2)CC1. The van der Waals surface area contributed by atoms with Crippen molar-refractivity contribution in [2.45, 2.75) is 31.7 Å². The predicted molar refractivity (Wildman–Crippen MR) is 80.4 cm³/mol. The van der Waals surface area contributed by atoms with Crippen molar-refractivity contribution in [3.63, 3.8) is 0 Å². The molecule has 1 saturated carbocycles. The van der Waals surface area contributed by atoms with E-state index in [2.05, 4.69) is 33.8 Å². The fourth-order valence-electron chi connectivity index (χ4n) is 2.57. The van der Waals surface area contributed by atoms with E-state index in [-0.39, 0.29) is 0 Å². The van der Waals surface area contributed by atoms with Gasteiger partial charge in [-0.2, -0.15) is 0 Å². The molecule has 110 valence electrons. The minimum absolute atomic E-state index is 0.657. The molecule has 19 heavy (non-hydrogen) atoms. The van der Waals surface area contributed by atoms with Crippen molar-refractivity contribution in [2.24, 2.45) is 10.7 Å². The molecule has 0 aromatic rings.